The number of hydrogen-bond donors (Lipinski definition) is 2. The molecular weight excluding hydrogens is 160 g/mol. The number of anilines is 1. The summed E-state index contributed by atoms with van der Waals surface area (Å²) in [5, 5.41) is 0. The molecule has 1 saturated carbocycles. The van der Waals surface area contributed by atoms with Crippen molar-refractivity contribution in [3.05, 3.63) is 29.8 Å². The summed E-state index contributed by atoms with van der Waals surface area (Å²) in [7, 11) is 0. The summed E-state index contributed by atoms with van der Waals surface area (Å²) in [6.45, 7) is 0. The number of nitrogen functional groups attached to an aromatic ring is 1. The Morgan fingerprint density at radius 3 is 2.23 bits per heavy atom. The van der Waals surface area contributed by atoms with Crippen LogP contribution in [0.1, 0.15) is 37.2 Å². The second kappa shape index (κ2) is 3.79. The van der Waals surface area contributed by atoms with Gasteiger partial charge in [-0.3, -0.25) is 5.84 Å². The maximum Gasteiger partial charge on any atom is 0.0485 e. The van der Waals surface area contributed by atoms with Crippen molar-refractivity contribution in [3.8, 4) is 0 Å². The highest BCUT2D eigenvalue weighted by atomic mass is 15.2. The largest absolute Gasteiger partial charge is 0.324 e. The first kappa shape index (κ1) is 8.57. The van der Waals surface area contributed by atoms with Gasteiger partial charge >= 0.3 is 0 Å². The SMILES string of the molecule is NNc1ccc(C2CCCC2)cc1. The lowest BCUT2D eigenvalue weighted by Gasteiger charge is -2.09. The maximum absolute atomic E-state index is 5.30. The van der Waals surface area contributed by atoms with Crippen molar-refractivity contribution in [3.63, 3.8) is 0 Å². The topological polar surface area (TPSA) is 38.0 Å². The van der Waals surface area contributed by atoms with Crippen LogP contribution in [0.2, 0.25) is 0 Å². The van der Waals surface area contributed by atoms with Crippen LogP contribution in [-0.2, 0) is 0 Å². The summed E-state index contributed by atoms with van der Waals surface area (Å²) in [5.41, 5.74) is 5.10. The van der Waals surface area contributed by atoms with E-state index < -0.39 is 0 Å². The summed E-state index contributed by atoms with van der Waals surface area (Å²) >= 11 is 0. The molecule has 1 aromatic carbocycles. The number of nitrogens with one attached hydrogen (secondary N) is 1. The summed E-state index contributed by atoms with van der Waals surface area (Å²) in [6, 6.07) is 8.47. The molecule has 1 aliphatic carbocycles. The van der Waals surface area contributed by atoms with Gasteiger partial charge in [-0.25, -0.2) is 0 Å². The molecule has 0 aromatic heterocycles. The number of hydrazine groups is 1. The Bertz CT molecular complexity index is 260. The molecule has 1 aliphatic rings. The Labute approximate surface area is 79.1 Å². The van der Waals surface area contributed by atoms with E-state index in [2.05, 4.69) is 17.6 Å². The van der Waals surface area contributed by atoms with Crippen LogP contribution >= 0.6 is 0 Å². The Morgan fingerprint density at radius 1 is 1.08 bits per heavy atom. The van der Waals surface area contributed by atoms with Gasteiger partial charge < -0.3 is 5.43 Å². The zero-order valence-corrected chi connectivity index (χ0v) is 7.79. The molecule has 1 aromatic rings. The standard InChI is InChI=1S/C11H16N2/c12-13-11-7-5-10(6-8-11)9-3-1-2-4-9/h5-9,13H,1-4,12H2. The van der Waals surface area contributed by atoms with Gasteiger partial charge in [0.1, 0.15) is 0 Å². The second-order valence-corrected chi connectivity index (χ2v) is 3.75. The van der Waals surface area contributed by atoms with Crippen LogP contribution in [0.5, 0.6) is 0 Å². The summed E-state index contributed by atoms with van der Waals surface area (Å²) in [5.74, 6) is 6.10. The molecule has 0 unspecified atom stereocenters. The van der Waals surface area contributed by atoms with Crippen LogP contribution in [0, 0.1) is 0 Å². The smallest absolute Gasteiger partial charge is 0.0485 e. The molecule has 0 aliphatic heterocycles. The van der Waals surface area contributed by atoms with Gasteiger partial charge in [0.25, 0.3) is 0 Å². The van der Waals surface area contributed by atoms with Crippen molar-refractivity contribution < 1.29 is 0 Å². The van der Waals surface area contributed by atoms with E-state index >= 15 is 0 Å². The molecule has 0 heterocycles. The van der Waals surface area contributed by atoms with E-state index in [0.717, 1.165) is 11.6 Å². The molecule has 3 N–H and O–H groups in total. The van der Waals surface area contributed by atoms with Gasteiger partial charge in [0.2, 0.25) is 0 Å². The van der Waals surface area contributed by atoms with E-state index in [9.17, 15) is 0 Å². The van der Waals surface area contributed by atoms with Gasteiger partial charge in [-0.1, -0.05) is 25.0 Å². The van der Waals surface area contributed by atoms with Gasteiger partial charge in [-0.05, 0) is 36.5 Å². The van der Waals surface area contributed by atoms with Gasteiger partial charge in [-0.15, -0.1) is 0 Å². The zero-order chi connectivity index (χ0) is 9.10. The van der Waals surface area contributed by atoms with E-state index in [0.29, 0.717) is 0 Å². The maximum atomic E-state index is 5.30. The van der Waals surface area contributed by atoms with E-state index in [4.69, 9.17) is 5.84 Å². The highest BCUT2D eigenvalue weighted by Crippen LogP contribution is 2.34. The first-order valence-electron chi connectivity index (χ1n) is 4.97. The average Bonchev–Trinajstić information content (AvgIpc) is 2.71. The number of nitrogens with two attached hydrogens (primary N) is 1. The molecule has 0 bridgehead atoms. The Hall–Kier alpha value is -1.02. The lowest BCUT2D eigenvalue weighted by Crippen LogP contribution is -2.06. The van der Waals surface area contributed by atoms with E-state index in [-0.39, 0.29) is 0 Å². The van der Waals surface area contributed by atoms with Crippen molar-refractivity contribution in [1.82, 2.24) is 0 Å². The quantitative estimate of drug-likeness (QED) is 0.537. The van der Waals surface area contributed by atoms with Crippen molar-refractivity contribution in [1.29, 1.82) is 0 Å². The molecule has 2 rings (SSSR count). The Morgan fingerprint density at radius 2 is 1.69 bits per heavy atom. The van der Waals surface area contributed by atoms with E-state index in [1.807, 2.05) is 12.1 Å². The predicted octanol–water partition coefficient (Wildman–Crippen LogP) is 2.63. The minimum absolute atomic E-state index is 0.798. The zero-order valence-electron chi connectivity index (χ0n) is 7.79. The molecule has 2 nitrogen and oxygen atoms in total. The van der Waals surface area contributed by atoms with Crippen LogP contribution in [0.15, 0.2) is 24.3 Å². The molecule has 0 spiro atoms. The fourth-order valence-electron chi connectivity index (χ4n) is 2.11. The summed E-state index contributed by atoms with van der Waals surface area (Å²) in [4.78, 5) is 0. The molecular formula is C11H16N2. The normalized spacial score (nSPS) is 17.6. The average molecular weight is 176 g/mol. The predicted molar refractivity (Wildman–Crippen MR) is 55.5 cm³/mol. The monoisotopic (exact) mass is 176 g/mol. The van der Waals surface area contributed by atoms with Gasteiger partial charge in [-0.2, -0.15) is 0 Å². The molecule has 0 radical (unpaired) electrons. The number of rotatable bonds is 2. The molecule has 0 saturated heterocycles. The highest BCUT2D eigenvalue weighted by Gasteiger charge is 2.16. The number of hydrogen-bond acceptors (Lipinski definition) is 2. The minimum atomic E-state index is 0.798. The third-order valence-corrected chi connectivity index (χ3v) is 2.90. The molecule has 0 atom stereocenters. The van der Waals surface area contributed by atoms with E-state index in [1.54, 1.807) is 0 Å². The Kier molecular flexibility index (Phi) is 2.50. The fraction of sp³-hybridized carbons (Fsp3) is 0.455. The molecule has 13 heavy (non-hydrogen) atoms. The Balaban J connectivity index is 2.12. The first-order valence-corrected chi connectivity index (χ1v) is 4.97. The molecule has 1 fully saturated rings. The third-order valence-electron chi connectivity index (χ3n) is 2.90. The van der Waals surface area contributed by atoms with Crippen molar-refractivity contribution in [2.75, 3.05) is 5.43 Å². The van der Waals surface area contributed by atoms with Crippen LogP contribution in [0.4, 0.5) is 5.69 Å². The second-order valence-electron chi connectivity index (χ2n) is 3.75. The van der Waals surface area contributed by atoms with Gasteiger partial charge in [0.15, 0.2) is 0 Å². The van der Waals surface area contributed by atoms with Crippen LogP contribution in [0.3, 0.4) is 0 Å². The lowest BCUT2D eigenvalue weighted by atomic mass is 9.98. The van der Waals surface area contributed by atoms with Crippen LogP contribution in [0.25, 0.3) is 0 Å². The highest BCUT2D eigenvalue weighted by molar-refractivity contribution is 5.44. The van der Waals surface area contributed by atoms with Crippen LogP contribution < -0.4 is 11.3 Å². The van der Waals surface area contributed by atoms with Crippen molar-refractivity contribution in [2.24, 2.45) is 5.84 Å². The van der Waals surface area contributed by atoms with Crippen LogP contribution in [-0.4, -0.2) is 0 Å². The fourth-order valence-corrected chi connectivity index (χ4v) is 2.11. The lowest BCUT2D eigenvalue weighted by molar-refractivity contribution is 0.723. The first-order chi connectivity index (χ1) is 6.40. The van der Waals surface area contributed by atoms with Crippen molar-refractivity contribution >= 4 is 5.69 Å². The van der Waals surface area contributed by atoms with Crippen molar-refractivity contribution in [2.45, 2.75) is 31.6 Å². The van der Waals surface area contributed by atoms with Gasteiger partial charge in [0.05, 0.1) is 0 Å². The number of benzene rings is 1. The van der Waals surface area contributed by atoms with E-state index in [1.165, 1.54) is 31.2 Å². The third kappa shape index (κ3) is 1.83. The molecule has 2 heteroatoms. The molecule has 0 amide bonds. The molecule has 70 valence electrons. The minimum Gasteiger partial charge on any atom is -0.324 e. The summed E-state index contributed by atoms with van der Waals surface area (Å²) in [6.07, 6.45) is 5.49. The van der Waals surface area contributed by atoms with Gasteiger partial charge in [0, 0.05) is 5.69 Å². The summed E-state index contributed by atoms with van der Waals surface area (Å²) < 4.78 is 0.